The third-order valence-electron chi connectivity index (χ3n) is 6.33. The molecule has 40 heavy (non-hydrogen) atoms. The van der Waals surface area contributed by atoms with Crippen LogP contribution in [-0.2, 0) is 26.2 Å². The molecule has 0 heterocycles. The van der Waals surface area contributed by atoms with Crippen LogP contribution in [0, 0.1) is 13.8 Å². The van der Waals surface area contributed by atoms with Crippen molar-refractivity contribution in [1.29, 1.82) is 0 Å². The van der Waals surface area contributed by atoms with Crippen LogP contribution in [-0.4, -0.2) is 43.3 Å². The van der Waals surface area contributed by atoms with Crippen molar-refractivity contribution >= 4 is 55.1 Å². The van der Waals surface area contributed by atoms with E-state index >= 15 is 0 Å². The predicted molar refractivity (Wildman–Crippen MR) is 164 cm³/mol. The van der Waals surface area contributed by atoms with Crippen LogP contribution >= 0.6 is 27.5 Å². The number of benzene rings is 3. The highest BCUT2D eigenvalue weighted by molar-refractivity contribution is 9.10. The van der Waals surface area contributed by atoms with Gasteiger partial charge >= 0.3 is 0 Å². The molecule has 7 nitrogen and oxygen atoms in total. The molecule has 3 rings (SSSR count). The first-order valence-corrected chi connectivity index (χ1v) is 15.4. The van der Waals surface area contributed by atoms with E-state index in [2.05, 4.69) is 21.2 Å². The zero-order chi connectivity index (χ0) is 29.8. The molecule has 3 aromatic carbocycles. The highest BCUT2D eigenvalue weighted by Gasteiger charge is 2.34. The van der Waals surface area contributed by atoms with Crippen LogP contribution in [0.1, 0.15) is 44.4 Å². The summed E-state index contributed by atoms with van der Waals surface area (Å²) < 4.78 is 29.9. The van der Waals surface area contributed by atoms with E-state index in [0.29, 0.717) is 10.6 Å². The van der Waals surface area contributed by atoms with E-state index < -0.39 is 34.1 Å². The highest BCUT2D eigenvalue weighted by atomic mass is 79.9. The lowest BCUT2D eigenvalue weighted by molar-refractivity contribution is -0.140. The summed E-state index contributed by atoms with van der Waals surface area (Å²) in [5.41, 5.74) is 1.98. The minimum Gasteiger partial charge on any atom is -0.350 e. The van der Waals surface area contributed by atoms with Crippen LogP contribution in [0.4, 0.5) is 5.69 Å². The largest absolute Gasteiger partial charge is 0.350 e. The standard InChI is InChI=1S/C30H35BrClN3O4S/c1-20-10-16-25(17-11-20)40(38,39)35(27-9-7-8-26(32)21(27)2)19-28(36)34(18-23-12-14-24(31)15-13-23)22(3)29(37)33-30(4,5)6/h7-17,22H,18-19H2,1-6H3,(H,33,37). The SMILES string of the molecule is Cc1ccc(S(=O)(=O)N(CC(=O)N(Cc2ccc(Br)cc2)C(C)C(=O)NC(C)(C)C)c2cccc(Cl)c2C)cc1. The number of carbonyl (C=O) groups is 2. The van der Waals surface area contributed by atoms with E-state index in [4.69, 9.17) is 11.6 Å². The van der Waals surface area contributed by atoms with Gasteiger partial charge in [-0.3, -0.25) is 13.9 Å². The Morgan fingerprint density at radius 1 is 0.975 bits per heavy atom. The summed E-state index contributed by atoms with van der Waals surface area (Å²) in [5.74, 6) is -0.876. The quantitative estimate of drug-likeness (QED) is 0.297. The van der Waals surface area contributed by atoms with Gasteiger partial charge in [-0.2, -0.15) is 0 Å². The maximum Gasteiger partial charge on any atom is 0.264 e. The molecule has 0 saturated carbocycles. The number of rotatable bonds is 9. The van der Waals surface area contributed by atoms with E-state index in [0.717, 1.165) is 19.9 Å². The Kier molecular flexibility index (Phi) is 10.1. The zero-order valence-corrected chi connectivity index (χ0v) is 26.7. The molecule has 0 aromatic heterocycles. The first kappa shape index (κ1) is 31.6. The van der Waals surface area contributed by atoms with Gasteiger partial charge in [-0.1, -0.05) is 63.4 Å². The minimum atomic E-state index is -4.17. The molecule has 0 spiro atoms. The number of anilines is 1. The second kappa shape index (κ2) is 12.7. The number of halogens is 2. The van der Waals surface area contributed by atoms with Gasteiger partial charge in [0.25, 0.3) is 10.0 Å². The number of hydrogen-bond acceptors (Lipinski definition) is 4. The fourth-order valence-electron chi connectivity index (χ4n) is 4.06. The first-order valence-electron chi connectivity index (χ1n) is 12.8. The van der Waals surface area contributed by atoms with Crippen molar-refractivity contribution in [2.24, 2.45) is 0 Å². The summed E-state index contributed by atoms with van der Waals surface area (Å²) in [5, 5.41) is 3.30. The summed E-state index contributed by atoms with van der Waals surface area (Å²) in [4.78, 5) is 28.7. The number of carbonyl (C=O) groups excluding carboxylic acids is 2. The Morgan fingerprint density at radius 3 is 2.15 bits per heavy atom. The van der Waals surface area contributed by atoms with Gasteiger partial charge in [0.05, 0.1) is 10.6 Å². The summed E-state index contributed by atoms with van der Waals surface area (Å²) in [6.07, 6.45) is 0. The van der Waals surface area contributed by atoms with E-state index in [-0.39, 0.29) is 23.0 Å². The molecule has 1 unspecified atom stereocenters. The number of sulfonamides is 1. The van der Waals surface area contributed by atoms with Gasteiger partial charge in [-0.15, -0.1) is 0 Å². The molecule has 2 amide bonds. The normalized spacial score (nSPS) is 12.5. The molecule has 0 aliphatic heterocycles. The molecule has 0 fully saturated rings. The Bertz CT molecular complexity index is 1470. The lowest BCUT2D eigenvalue weighted by Gasteiger charge is -2.34. The molecular formula is C30H35BrClN3O4S. The predicted octanol–water partition coefficient (Wildman–Crippen LogP) is 6.25. The van der Waals surface area contributed by atoms with Gasteiger partial charge in [0.2, 0.25) is 11.8 Å². The van der Waals surface area contributed by atoms with Gasteiger partial charge in [0.15, 0.2) is 0 Å². The first-order chi connectivity index (χ1) is 18.6. The third kappa shape index (κ3) is 7.86. The highest BCUT2D eigenvalue weighted by Crippen LogP contribution is 2.31. The van der Waals surface area contributed by atoms with Crippen molar-refractivity contribution in [2.45, 2.75) is 64.6 Å². The van der Waals surface area contributed by atoms with Crippen molar-refractivity contribution in [3.63, 3.8) is 0 Å². The molecule has 0 bridgehead atoms. The van der Waals surface area contributed by atoms with E-state index in [1.165, 1.54) is 17.0 Å². The Morgan fingerprint density at radius 2 is 1.57 bits per heavy atom. The van der Waals surface area contributed by atoms with Crippen molar-refractivity contribution in [2.75, 3.05) is 10.8 Å². The average molecular weight is 649 g/mol. The topological polar surface area (TPSA) is 86.8 Å². The Balaban J connectivity index is 2.08. The summed E-state index contributed by atoms with van der Waals surface area (Å²) >= 11 is 9.79. The zero-order valence-electron chi connectivity index (χ0n) is 23.5. The molecule has 0 aliphatic rings. The number of hydrogen-bond donors (Lipinski definition) is 1. The average Bonchev–Trinajstić information content (AvgIpc) is 2.87. The minimum absolute atomic E-state index is 0.0447. The van der Waals surface area contributed by atoms with Gasteiger partial charge in [0.1, 0.15) is 12.6 Å². The van der Waals surface area contributed by atoms with Crippen LogP contribution in [0.2, 0.25) is 5.02 Å². The van der Waals surface area contributed by atoms with Gasteiger partial charge in [-0.05, 0) is 89.1 Å². The van der Waals surface area contributed by atoms with Crippen LogP contribution in [0.3, 0.4) is 0 Å². The van der Waals surface area contributed by atoms with E-state index in [9.17, 15) is 18.0 Å². The maximum absolute atomic E-state index is 14.0. The van der Waals surface area contributed by atoms with Crippen molar-refractivity contribution in [3.05, 3.63) is 92.9 Å². The Labute approximate surface area is 250 Å². The molecule has 214 valence electrons. The molecule has 0 radical (unpaired) electrons. The maximum atomic E-state index is 14.0. The monoisotopic (exact) mass is 647 g/mol. The number of nitrogens with zero attached hydrogens (tertiary/aromatic N) is 2. The van der Waals surface area contributed by atoms with Gasteiger partial charge in [-0.25, -0.2) is 8.42 Å². The van der Waals surface area contributed by atoms with Crippen LogP contribution in [0.15, 0.2) is 76.1 Å². The fraction of sp³-hybridized carbons (Fsp3) is 0.333. The molecule has 1 N–H and O–H groups in total. The van der Waals surface area contributed by atoms with Gasteiger partial charge < -0.3 is 10.2 Å². The van der Waals surface area contributed by atoms with Crippen molar-refractivity contribution < 1.29 is 18.0 Å². The second-order valence-electron chi connectivity index (χ2n) is 10.8. The lowest BCUT2D eigenvalue weighted by atomic mass is 10.1. The van der Waals surface area contributed by atoms with Crippen LogP contribution in [0.5, 0.6) is 0 Å². The Hall–Kier alpha value is -2.88. The number of amides is 2. The number of nitrogens with one attached hydrogen (secondary N) is 1. The van der Waals surface area contributed by atoms with E-state index in [1.54, 1.807) is 44.2 Å². The molecule has 0 aliphatic carbocycles. The van der Waals surface area contributed by atoms with Crippen molar-refractivity contribution in [3.8, 4) is 0 Å². The summed E-state index contributed by atoms with van der Waals surface area (Å²) in [6.45, 7) is 10.4. The molecule has 10 heteroatoms. The number of aryl methyl sites for hydroxylation is 1. The van der Waals surface area contributed by atoms with Crippen molar-refractivity contribution in [1.82, 2.24) is 10.2 Å². The van der Waals surface area contributed by atoms with Crippen LogP contribution in [0.25, 0.3) is 0 Å². The second-order valence-corrected chi connectivity index (χ2v) is 14.0. The van der Waals surface area contributed by atoms with Crippen LogP contribution < -0.4 is 9.62 Å². The van der Waals surface area contributed by atoms with Gasteiger partial charge in [0, 0.05) is 21.6 Å². The molecular weight excluding hydrogens is 614 g/mol. The lowest BCUT2D eigenvalue weighted by Crippen LogP contribution is -2.54. The molecule has 1 atom stereocenters. The third-order valence-corrected chi connectivity index (χ3v) is 9.04. The summed E-state index contributed by atoms with van der Waals surface area (Å²) in [7, 11) is -4.17. The van der Waals surface area contributed by atoms with E-state index in [1.807, 2.05) is 52.0 Å². The molecule has 0 saturated heterocycles. The fourth-order valence-corrected chi connectivity index (χ4v) is 5.97. The smallest absolute Gasteiger partial charge is 0.264 e. The molecule has 3 aromatic rings. The summed E-state index contributed by atoms with van der Waals surface area (Å²) in [6, 6.07) is 17.9.